The Hall–Kier alpha value is -2.74. The third-order valence-electron chi connectivity index (χ3n) is 4.36. The van der Waals surface area contributed by atoms with Gasteiger partial charge in [0.1, 0.15) is 5.15 Å². The van der Waals surface area contributed by atoms with Crippen LogP contribution in [0.1, 0.15) is 11.1 Å². The first-order valence-corrected chi connectivity index (χ1v) is 9.91. The molecule has 0 radical (unpaired) electrons. The summed E-state index contributed by atoms with van der Waals surface area (Å²) in [5.41, 5.74) is 2.71. The maximum atomic E-state index is 12.4. The first-order valence-electron chi connectivity index (χ1n) is 8.05. The molecule has 4 rings (SSSR count). The minimum absolute atomic E-state index is 0.0777. The number of para-hydroxylation sites is 1. The Kier molecular flexibility index (Phi) is 4.22. The molecule has 0 spiro atoms. The third-order valence-corrected chi connectivity index (χ3v) is 6.07. The lowest BCUT2D eigenvalue weighted by molar-refractivity contribution is -0.110. The molecule has 1 aromatic heterocycles. The molecule has 1 aliphatic heterocycles. The summed E-state index contributed by atoms with van der Waals surface area (Å²) in [7, 11) is -2.29. The molecule has 0 unspecified atom stereocenters. The molecular formula is C19H14ClN3O3S. The van der Waals surface area contributed by atoms with Gasteiger partial charge in [-0.15, -0.1) is 0 Å². The van der Waals surface area contributed by atoms with Crippen LogP contribution in [0.2, 0.25) is 5.15 Å². The molecule has 0 saturated heterocycles. The fourth-order valence-electron chi connectivity index (χ4n) is 2.96. The van der Waals surface area contributed by atoms with Crippen molar-refractivity contribution in [3.63, 3.8) is 0 Å². The van der Waals surface area contributed by atoms with E-state index in [9.17, 15) is 13.2 Å². The summed E-state index contributed by atoms with van der Waals surface area (Å²) in [6, 6.07) is 13.8. The number of anilines is 1. The molecule has 0 bridgehead atoms. The van der Waals surface area contributed by atoms with E-state index in [4.69, 9.17) is 11.6 Å². The highest BCUT2D eigenvalue weighted by Crippen LogP contribution is 2.36. The lowest BCUT2D eigenvalue weighted by atomic mass is 10.0. The lowest BCUT2D eigenvalue weighted by Gasteiger charge is -2.06. The van der Waals surface area contributed by atoms with Gasteiger partial charge in [0.25, 0.3) is 5.91 Å². The Labute approximate surface area is 160 Å². The number of sulfonamides is 1. The van der Waals surface area contributed by atoms with Crippen LogP contribution in [0.4, 0.5) is 5.69 Å². The number of carbonyl (C=O) groups is 1. The van der Waals surface area contributed by atoms with Gasteiger partial charge in [-0.3, -0.25) is 4.79 Å². The van der Waals surface area contributed by atoms with Gasteiger partial charge in [-0.1, -0.05) is 29.8 Å². The highest BCUT2D eigenvalue weighted by Gasteiger charge is 2.26. The number of amides is 1. The Morgan fingerprint density at radius 1 is 1.15 bits per heavy atom. The molecule has 2 aromatic carbocycles. The molecule has 2 N–H and O–H groups in total. The zero-order valence-corrected chi connectivity index (χ0v) is 15.7. The molecule has 2 heterocycles. The predicted molar refractivity (Wildman–Crippen MR) is 106 cm³/mol. The first-order chi connectivity index (χ1) is 12.9. The van der Waals surface area contributed by atoms with Crippen molar-refractivity contribution in [2.75, 3.05) is 12.4 Å². The van der Waals surface area contributed by atoms with Crippen LogP contribution in [-0.4, -0.2) is 26.4 Å². The number of hydrogen-bond acceptors (Lipinski definition) is 4. The second-order valence-electron chi connectivity index (χ2n) is 5.99. The van der Waals surface area contributed by atoms with Gasteiger partial charge in [-0.05, 0) is 43.5 Å². The molecule has 3 aromatic rings. The summed E-state index contributed by atoms with van der Waals surface area (Å²) in [5.74, 6) is -0.326. The molecule has 0 saturated carbocycles. The van der Waals surface area contributed by atoms with E-state index >= 15 is 0 Å². The van der Waals surface area contributed by atoms with E-state index in [0.717, 1.165) is 10.9 Å². The first kappa shape index (κ1) is 17.7. The average molecular weight is 400 g/mol. The standard InChI is InChI=1S/C19H14ClN3O3S/c1-21-27(25,26)13-6-7-17-14(10-13)15(19(24)23-17)9-12-8-11-4-2-3-5-16(11)22-18(12)20/h2-10,21H,1H3,(H,23,24). The summed E-state index contributed by atoms with van der Waals surface area (Å²) in [6.45, 7) is 0. The third kappa shape index (κ3) is 3.10. The van der Waals surface area contributed by atoms with Gasteiger partial charge in [-0.2, -0.15) is 0 Å². The molecule has 6 nitrogen and oxygen atoms in total. The van der Waals surface area contributed by atoms with Crippen LogP contribution < -0.4 is 10.0 Å². The number of carbonyl (C=O) groups excluding carboxylic acids is 1. The lowest BCUT2D eigenvalue weighted by Crippen LogP contribution is -2.18. The van der Waals surface area contributed by atoms with Gasteiger partial charge >= 0.3 is 0 Å². The molecule has 1 amide bonds. The van der Waals surface area contributed by atoms with Crippen LogP contribution >= 0.6 is 11.6 Å². The summed E-state index contributed by atoms with van der Waals surface area (Å²) in [5, 5.41) is 3.89. The van der Waals surface area contributed by atoms with Gasteiger partial charge < -0.3 is 5.32 Å². The van der Waals surface area contributed by atoms with Crippen molar-refractivity contribution in [2.45, 2.75) is 4.90 Å². The predicted octanol–water partition coefficient (Wildman–Crippen LogP) is 3.29. The van der Waals surface area contributed by atoms with Gasteiger partial charge in [0.2, 0.25) is 10.0 Å². The van der Waals surface area contributed by atoms with E-state index < -0.39 is 10.0 Å². The van der Waals surface area contributed by atoms with Crippen LogP contribution in [0.25, 0.3) is 22.6 Å². The Balaban J connectivity index is 1.88. The van der Waals surface area contributed by atoms with Crippen molar-refractivity contribution in [1.82, 2.24) is 9.71 Å². The molecule has 27 heavy (non-hydrogen) atoms. The van der Waals surface area contributed by atoms with Crippen LogP contribution in [0.5, 0.6) is 0 Å². The van der Waals surface area contributed by atoms with Crippen LogP contribution in [0.3, 0.4) is 0 Å². The van der Waals surface area contributed by atoms with E-state index in [1.54, 1.807) is 12.1 Å². The Morgan fingerprint density at radius 2 is 1.93 bits per heavy atom. The maximum absolute atomic E-state index is 12.4. The quantitative estimate of drug-likeness (QED) is 0.522. The molecule has 0 aliphatic carbocycles. The second-order valence-corrected chi connectivity index (χ2v) is 8.23. The van der Waals surface area contributed by atoms with Crippen LogP contribution in [0.15, 0.2) is 53.4 Å². The highest BCUT2D eigenvalue weighted by molar-refractivity contribution is 7.89. The minimum Gasteiger partial charge on any atom is -0.321 e. The van der Waals surface area contributed by atoms with Crippen molar-refractivity contribution in [1.29, 1.82) is 0 Å². The molecular weight excluding hydrogens is 386 g/mol. The van der Waals surface area contributed by atoms with Crippen LogP contribution in [0, 0.1) is 0 Å². The number of benzene rings is 2. The van der Waals surface area contributed by atoms with Gasteiger partial charge in [0.05, 0.1) is 10.4 Å². The normalized spacial score (nSPS) is 15.2. The smallest absolute Gasteiger partial charge is 0.256 e. The summed E-state index contributed by atoms with van der Waals surface area (Å²) in [4.78, 5) is 16.9. The van der Waals surface area contributed by atoms with Crippen molar-refractivity contribution in [3.8, 4) is 0 Å². The van der Waals surface area contributed by atoms with E-state index in [1.807, 2.05) is 30.3 Å². The SMILES string of the molecule is CNS(=O)(=O)c1ccc2c(c1)C(=Cc1cc3ccccc3nc1Cl)C(=O)N2. The van der Waals surface area contributed by atoms with Gasteiger partial charge in [-0.25, -0.2) is 18.1 Å². The van der Waals surface area contributed by atoms with E-state index in [0.29, 0.717) is 22.4 Å². The monoisotopic (exact) mass is 399 g/mol. The Morgan fingerprint density at radius 3 is 2.70 bits per heavy atom. The largest absolute Gasteiger partial charge is 0.321 e. The fraction of sp³-hybridized carbons (Fsp3) is 0.0526. The summed E-state index contributed by atoms with van der Waals surface area (Å²) < 4.78 is 26.4. The number of hydrogen-bond donors (Lipinski definition) is 2. The van der Waals surface area contributed by atoms with Gasteiger partial charge in [0.15, 0.2) is 0 Å². The zero-order chi connectivity index (χ0) is 19.2. The van der Waals surface area contributed by atoms with E-state index in [1.165, 1.54) is 19.2 Å². The number of halogens is 1. The summed E-state index contributed by atoms with van der Waals surface area (Å²) >= 11 is 6.29. The van der Waals surface area contributed by atoms with Crippen LogP contribution in [-0.2, 0) is 14.8 Å². The molecule has 136 valence electrons. The average Bonchev–Trinajstić information content (AvgIpc) is 2.97. The van der Waals surface area contributed by atoms with E-state index in [-0.39, 0.29) is 16.0 Å². The fourth-order valence-corrected chi connectivity index (χ4v) is 3.92. The van der Waals surface area contributed by atoms with Crippen molar-refractivity contribution in [3.05, 3.63) is 64.8 Å². The van der Waals surface area contributed by atoms with Crippen molar-refractivity contribution in [2.24, 2.45) is 0 Å². The topological polar surface area (TPSA) is 88.2 Å². The molecule has 1 aliphatic rings. The molecule has 8 heteroatoms. The number of nitrogens with one attached hydrogen (secondary N) is 2. The minimum atomic E-state index is -3.63. The number of nitrogens with zero attached hydrogens (tertiary/aromatic N) is 1. The van der Waals surface area contributed by atoms with E-state index in [2.05, 4.69) is 15.0 Å². The van der Waals surface area contributed by atoms with Gasteiger partial charge in [0, 0.05) is 27.8 Å². The second kappa shape index (κ2) is 6.45. The number of fused-ring (bicyclic) bond motifs is 2. The molecule has 0 atom stereocenters. The van der Waals surface area contributed by atoms with Crippen molar-refractivity contribution >= 4 is 55.8 Å². The Bertz CT molecular complexity index is 1240. The number of aromatic nitrogens is 1. The maximum Gasteiger partial charge on any atom is 0.256 e. The number of rotatable bonds is 3. The highest BCUT2D eigenvalue weighted by atomic mass is 35.5. The summed E-state index contributed by atoms with van der Waals surface area (Å²) in [6.07, 6.45) is 1.62. The zero-order valence-electron chi connectivity index (χ0n) is 14.2. The van der Waals surface area contributed by atoms with Crippen molar-refractivity contribution < 1.29 is 13.2 Å². The number of pyridine rings is 1. The molecule has 0 fully saturated rings.